The van der Waals surface area contributed by atoms with Gasteiger partial charge in [-0.25, -0.2) is 0 Å². The summed E-state index contributed by atoms with van der Waals surface area (Å²) in [7, 11) is -2.37. The summed E-state index contributed by atoms with van der Waals surface area (Å²) in [6.07, 6.45) is 0. The van der Waals surface area contributed by atoms with Crippen LogP contribution in [0.5, 0.6) is 11.5 Å². The standard InChI is InChI=1S/C9H11NO5S/c1-14-6-2-3-7-8(5-11)10-16(12,13)15-9(7)4-6/h2-4,8,10-11H,5H2,1H3/t8-/m0/s1. The Morgan fingerprint density at radius 2 is 2.31 bits per heavy atom. The van der Waals surface area contributed by atoms with E-state index in [0.717, 1.165) is 0 Å². The Labute approximate surface area is 93.1 Å². The maximum atomic E-state index is 11.3. The molecule has 0 saturated carbocycles. The number of hydrogen-bond donors (Lipinski definition) is 2. The van der Waals surface area contributed by atoms with Crippen LogP contribution in [-0.4, -0.2) is 27.2 Å². The van der Waals surface area contributed by atoms with E-state index in [9.17, 15) is 8.42 Å². The van der Waals surface area contributed by atoms with Crippen molar-refractivity contribution in [3.63, 3.8) is 0 Å². The zero-order valence-electron chi connectivity index (χ0n) is 8.50. The fourth-order valence-corrected chi connectivity index (χ4v) is 2.50. The number of benzene rings is 1. The smallest absolute Gasteiger partial charge is 0.383 e. The van der Waals surface area contributed by atoms with Crippen LogP contribution in [0.25, 0.3) is 0 Å². The number of fused-ring (bicyclic) bond motifs is 1. The summed E-state index contributed by atoms with van der Waals surface area (Å²) in [5.74, 6) is 0.671. The van der Waals surface area contributed by atoms with E-state index >= 15 is 0 Å². The highest BCUT2D eigenvalue weighted by Gasteiger charge is 2.30. The Bertz CT molecular complexity index is 499. The molecule has 1 atom stereocenters. The fourth-order valence-electron chi connectivity index (χ4n) is 1.52. The average Bonchev–Trinajstić information content (AvgIpc) is 2.25. The third-order valence-electron chi connectivity index (χ3n) is 2.26. The highest BCUT2D eigenvalue weighted by molar-refractivity contribution is 7.85. The number of methoxy groups -OCH3 is 1. The first-order valence-electron chi connectivity index (χ1n) is 4.56. The van der Waals surface area contributed by atoms with Gasteiger partial charge in [-0.2, -0.15) is 13.1 Å². The molecule has 88 valence electrons. The molecule has 0 radical (unpaired) electrons. The minimum absolute atomic E-state index is 0.178. The van der Waals surface area contributed by atoms with Crippen LogP contribution in [0.15, 0.2) is 18.2 Å². The first kappa shape index (κ1) is 11.2. The third-order valence-corrected chi connectivity index (χ3v) is 3.24. The number of ether oxygens (including phenoxy) is 1. The van der Waals surface area contributed by atoms with Crippen LogP contribution < -0.4 is 13.6 Å². The van der Waals surface area contributed by atoms with Gasteiger partial charge in [0.25, 0.3) is 0 Å². The van der Waals surface area contributed by atoms with Gasteiger partial charge in [-0.1, -0.05) is 0 Å². The molecule has 0 bridgehead atoms. The molecule has 1 aromatic rings. The Morgan fingerprint density at radius 1 is 1.56 bits per heavy atom. The molecular formula is C9H11NO5S. The first-order chi connectivity index (χ1) is 7.55. The van der Waals surface area contributed by atoms with Gasteiger partial charge in [0.1, 0.15) is 5.75 Å². The Kier molecular flexibility index (Phi) is 2.75. The molecule has 0 spiro atoms. The quantitative estimate of drug-likeness (QED) is 0.763. The van der Waals surface area contributed by atoms with Crippen molar-refractivity contribution in [1.29, 1.82) is 0 Å². The van der Waals surface area contributed by atoms with Crippen LogP contribution >= 0.6 is 0 Å². The summed E-state index contributed by atoms with van der Waals surface area (Å²) in [6.45, 7) is -0.331. The maximum absolute atomic E-state index is 11.3. The van der Waals surface area contributed by atoms with Gasteiger partial charge < -0.3 is 14.0 Å². The Balaban J connectivity index is 2.50. The molecule has 16 heavy (non-hydrogen) atoms. The zero-order valence-corrected chi connectivity index (χ0v) is 9.32. The van der Waals surface area contributed by atoms with E-state index in [1.807, 2.05) is 0 Å². The number of aliphatic hydroxyl groups excluding tert-OH is 1. The van der Waals surface area contributed by atoms with Gasteiger partial charge in [0.05, 0.1) is 19.8 Å². The summed E-state index contributed by atoms with van der Waals surface area (Å²) < 4.78 is 34.5. The Morgan fingerprint density at radius 3 is 2.94 bits per heavy atom. The average molecular weight is 245 g/mol. The van der Waals surface area contributed by atoms with E-state index in [-0.39, 0.29) is 12.4 Å². The van der Waals surface area contributed by atoms with Gasteiger partial charge in [0.15, 0.2) is 5.75 Å². The molecule has 0 aliphatic carbocycles. The number of aliphatic hydroxyl groups is 1. The molecule has 1 aliphatic heterocycles. The van der Waals surface area contributed by atoms with Crippen molar-refractivity contribution in [2.75, 3.05) is 13.7 Å². The Hall–Kier alpha value is -1.31. The molecule has 1 aliphatic rings. The summed E-state index contributed by atoms with van der Waals surface area (Å²) in [6, 6.07) is 4.11. The second-order valence-corrected chi connectivity index (χ2v) is 4.60. The van der Waals surface area contributed by atoms with Gasteiger partial charge in [-0.3, -0.25) is 0 Å². The van der Waals surface area contributed by atoms with Crippen LogP contribution in [0.2, 0.25) is 0 Å². The molecule has 0 amide bonds. The second-order valence-electron chi connectivity index (χ2n) is 3.29. The van der Waals surface area contributed by atoms with Crippen LogP contribution in [0.1, 0.15) is 11.6 Å². The third kappa shape index (κ3) is 1.97. The molecule has 0 saturated heterocycles. The molecule has 7 heteroatoms. The van der Waals surface area contributed by atoms with Crippen LogP contribution in [0, 0.1) is 0 Å². The first-order valence-corrected chi connectivity index (χ1v) is 5.97. The lowest BCUT2D eigenvalue weighted by Gasteiger charge is -2.25. The van der Waals surface area contributed by atoms with Crippen molar-refractivity contribution in [3.8, 4) is 11.5 Å². The van der Waals surface area contributed by atoms with Crippen LogP contribution in [-0.2, 0) is 10.3 Å². The predicted molar refractivity (Wildman–Crippen MR) is 55.5 cm³/mol. The number of hydrogen-bond acceptors (Lipinski definition) is 5. The minimum atomic E-state index is -3.85. The summed E-state index contributed by atoms with van der Waals surface area (Å²) in [4.78, 5) is 0. The summed E-state index contributed by atoms with van der Waals surface area (Å²) >= 11 is 0. The highest BCUT2D eigenvalue weighted by atomic mass is 32.2. The largest absolute Gasteiger partial charge is 0.497 e. The maximum Gasteiger partial charge on any atom is 0.383 e. The van der Waals surface area contributed by atoms with Crippen LogP contribution in [0.4, 0.5) is 0 Å². The van der Waals surface area contributed by atoms with E-state index in [0.29, 0.717) is 11.3 Å². The van der Waals surface area contributed by atoms with E-state index in [1.54, 1.807) is 12.1 Å². The minimum Gasteiger partial charge on any atom is -0.497 e. The molecule has 2 N–H and O–H groups in total. The molecular weight excluding hydrogens is 234 g/mol. The van der Waals surface area contributed by atoms with Crippen molar-refractivity contribution < 1.29 is 22.4 Å². The van der Waals surface area contributed by atoms with E-state index in [1.165, 1.54) is 13.2 Å². The number of rotatable bonds is 2. The van der Waals surface area contributed by atoms with Crippen molar-refractivity contribution in [2.45, 2.75) is 6.04 Å². The summed E-state index contributed by atoms with van der Waals surface area (Å²) in [5.41, 5.74) is 0.582. The highest BCUT2D eigenvalue weighted by Crippen LogP contribution is 2.33. The van der Waals surface area contributed by atoms with Crippen molar-refractivity contribution in [2.24, 2.45) is 0 Å². The zero-order chi connectivity index (χ0) is 11.8. The molecule has 0 aromatic heterocycles. The van der Waals surface area contributed by atoms with E-state index < -0.39 is 16.3 Å². The SMILES string of the molecule is COc1ccc2c(c1)OS(=O)(=O)N[C@H]2CO. The molecule has 0 fully saturated rings. The normalized spacial score (nSPS) is 22.0. The van der Waals surface area contributed by atoms with Crippen molar-refractivity contribution in [3.05, 3.63) is 23.8 Å². The topological polar surface area (TPSA) is 84.9 Å². The lowest BCUT2D eigenvalue weighted by molar-refractivity contribution is 0.249. The molecule has 1 aromatic carbocycles. The van der Waals surface area contributed by atoms with Gasteiger partial charge in [-0.05, 0) is 12.1 Å². The lowest BCUT2D eigenvalue weighted by atomic mass is 10.1. The van der Waals surface area contributed by atoms with Gasteiger partial charge in [0.2, 0.25) is 0 Å². The van der Waals surface area contributed by atoms with Crippen LogP contribution in [0.3, 0.4) is 0 Å². The van der Waals surface area contributed by atoms with E-state index in [4.69, 9.17) is 14.0 Å². The monoisotopic (exact) mass is 245 g/mol. The number of nitrogens with one attached hydrogen (secondary N) is 1. The van der Waals surface area contributed by atoms with Gasteiger partial charge in [-0.15, -0.1) is 0 Å². The van der Waals surface area contributed by atoms with E-state index in [2.05, 4.69) is 4.72 Å². The van der Waals surface area contributed by atoms with Gasteiger partial charge in [0, 0.05) is 11.6 Å². The van der Waals surface area contributed by atoms with Crippen molar-refractivity contribution in [1.82, 2.24) is 4.72 Å². The lowest BCUT2D eigenvalue weighted by Crippen LogP contribution is -2.38. The molecule has 0 unspecified atom stereocenters. The predicted octanol–water partition coefficient (Wildman–Crippen LogP) is -0.0446. The summed E-state index contributed by atoms with van der Waals surface area (Å²) in [5, 5.41) is 9.08. The van der Waals surface area contributed by atoms with Crippen molar-refractivity contribution >= 4 is 10.3 Å². The second kappa shape index (κ2) is 3.93. The molecule has 1 heterocycles. The molecule has 2 rings (SSSR count). The fraction of sp³-hybridized carbons (Fsp3) is 0.333. The van der Waals surface area contributed by atoms with Gasteiger partial charge >= 0.3 is 10.3 Å². The molecule has 6 nitrogen and oxygen atoms in total.